The monoisotopic (exact) mass is 488 g/mol. The van der Waals surface area contributed by atoms with Gasteiger partial charge >= 0.3 is 0 Å². The van der Waals surface area contributed by atoms with E-state index < -0.39 is 5.41 Å². The summed E-state index contributed by atoms with van der Waals surface area (Å²) in [5.74, 6) is 1.43. The zero-order valence-corrected chi connectivity index (χ0v) is 20.2. The van der Waals surface area contributed by atoms with Crippen LogP contribution in [0.15, 0.2) is 40.9 Å². The van der Waals surface area contributed by atoms with E-state index in [4.69, 9.17) is 9.47 Å². The van der Waals surface area contributed by atoms with Crippen LogP contribution in [0.2, 0.25) is 0 Å². The summed E-state index contributed by atoms with van der Waals surface area (Å²) in [5.41, 5.74) is 1.09. The lowest BCUT2D eigenvalue weighted by molar-refractivity contribution is -0.127. The van der Waals surface area contributed by atoms with Crippen LogP contribution in [0.5, 0.6) is 11.5 Å². The fourth-order valence-corrected chi connectivity index (χ4v) is 3.76. The number of anilines is 2. The summed E-state index contributed by atoms with van der Waals surface area (Å²) in [7, 11) is 1.56. The largest absolute Gasteiger partial charge is 0.497 e. The Hall–Kier alpha value is -2.54. The minimum absolute atomic E-state index is 0.0194. The molecule has 0 spiro atoms. The van der Waals surface area contributed by atoms with Crippen LogP contribution in [-0.2, 0) is 4.79 Å². The summed E-state index contributed by atoms with van der Waals surface area (Å²) in [6.07, 6.45) is 0.870. The first kappa shape index (κ1) is 23.1. The summed E-state index contributed by atoms with van der Waals surface area (Å²) in [6.45, 7) is 8.95. The number of carbonyl (C=O) groups is 2. The Bertz CT molecular complexity index is 988. The molecular formula is C24H29BrN2O4. The van der Waals surface area contributed by atoms with Gasteiger partial charge in [-0.2, -0.15) is 0 Å². The number of hydrogen-bond acceptors (Lipinski definition) is 4. The zero-order valence-electron chi connectivity index (χ0n) is 18.6. The van der Waals surface area contributed by atoms with Gasteiger partial charge in [-0.3, -0.25) is 9.59 Å². The van der Waals surface area contributed by atoms with E-state index >= 15 is 0 Å². The van der Waals surface area contributed by atoms with E-state index in [-0.39, 0.29) is 11.8 Å². The molecule has 0 saturated carbocycles. The van der Waals surface area contributed by atoms with Crippen LogP contribution in [0.1, 0.15) is 44.5 Å². The number of nitrogens with one attached hydrogen (secondary N) is 1. The number of nitrogens with zero attached hydrogens (tertiary/aromatic N) is 1. The van der Waals surface area contributed by atoms with Crippen molar-refractivity contribution in [1.29, 1.82) is 0 Å². The van der Waals surface area contributed by atoms with Crippen molar-refractivity contribution in [2.24, 2.45) is 11.3 Å². The highest BCUT2D eigenvalue weighted by atomic mass is 79.9. The van der Waals surface area contributed by atoms with Gasteiger partial charge in [0.25, 0.3) is 5.91 Å². The highest BCUT2D eigenvalue weighted by molar-refractivity contribution is 9.10. The van der Waals surface area contributed by atoms with Crippen molar-refractivity contribution in [3.8, 4) is 11.5 Å². The summed E-state index contributed by atoms with van der Waals surface area (Å²) in [5, 5.41) is 2.92. The van der Waals surface area contributed by atoms with Crippen molar-refractivity contribution < 1.29 is 19.1 Å². The molecule has 6 nitrogen and oxygen atoms in total. The maximum atomic E-state index is 13.3. The lowest BCUT2D eigenvalue weighted by Gasteiger charge is -2.28. The predicted octanol–water partition coefficient (Wildman–Crippen LogP) is 5.51. The summed E-state index contributed by atoms with van der Waals surface area (Å²) in [6, 6.07) is 10.6. The average Bonchev–Trinajstić information content (AvgIpc) is 2.81. The molecule has 1 N–H and O–H groups in total. The molecule has 2 aromatic rings. The molecule has 2 aromatic carbocycles. The molecule has 0 fully saturated rings. The lowest BCUT2D eigenvalue weighted by atomic mass is 9.92. The van der Waals surface area contributed by atoms with Gasteiger partial charge in [0.1, 0.15) is 18.1 Å². The van der Waals surface area contributed by atoms with E-state index in [1.165, 1.54) is 0 Å². The fourth-order valence-electron chi connectivity index (χ4n) is 3.34. The van der Waals surface area contributed by atoms with E-state index in [1.54, 1.807) is 42.3 Å². The van der Waals surface area contributed by atoms with Crippen LogP contribution in [0.25, 0.3) is 0 Å². The molecule has 2 amide bonds. The minimum atomic E-state index is -0.634. The van der Waals surface area contributed by atoms with Crippen LogP contribution in [-0.4, -0.2) is 32.1 Å². The maximum Gasteiger partial charge on any atom is 0.256 e. The maximum absolute atomic E-state index is 13.3. The zero-order chi connectivity index (χ0) is 22.8. The van der Waals surface area contributed by atoms with Gasteiger partial charge in [0, 0.05) is 16.7 Å². The Kier molecular flexibility index (Phi) is 6.94. The van der Waals surface area contributed by atoms with Crippen molar-refractivity contribution in [1.82, 2.24) is 0 Å². The first-order valence-corrected chi connectivity index (χ1v) is 11.2. The molecule has 166 valence electrons. The van der Waals surface area contributed by atoms with E-state index in [2.05, 4.69) is 35.1 Å². The number of benzene rings is 2. The van der Waals surface area contributed by atoms with Crippen LogP contribution in [0.4, 0.5) is 11.4 Å². The van der Waals surface area contributed by atoms with Gasteiger partial charge in [-0.1, -0.05) is 13.8 Å². The average molecular weight is 489 g/mol. The van der Waals surface area contributed by atoms with Gasteiger partial charge in [-0.15, -0.1) is 0 Å². The lowest BCUT2D eigenvalue weighted by Crippen LogP contribution is -2.42. The number of carbonyl (C=O) groups excluding carboxylic acids is 2. The van der Waals surface area contributed by atoms with Crippen LogP contribution in [0, 0.1) is 11.3 Å². The van der Waals surface area contributed by atoms with Crippen molar-refractivity contribution in [3.63, 3.8) is 0 Å². The number of ether oxygens (including phenoxy) is 2. The highest BCUT2D eigenvalue weighted by Gasteiger charge is 2.37. The first-order valence-electron chi connectivity index (χ1n) is 10.4. The third-order valence-electron chi connectivity index (χ3n) is 5.27. The van der Waals surface area contributed by atoms with E-state index in [9.17, 15) is 9.59 Å². The topological polar surface area (TPSA) is 67.9 Å². The number of halogens is 1. The van der Waals surface area contributed by atoms with Crippen molar-refractivity contribution in [3.05, 3.63) is 46.4 Å². The molecule has 1 aliphatic rings. The van der Waals surface area contributed by atoms with E-state index in [0.717, 1.165) is 6.42 Å². The van der Waals surface area contributed by atoms with Crippen molar-refractivity contribution in [2.45, 2.75) is 34.1 Å². The summed E-state index contributed by atoms with van der Waals surface area (Å²) >= 11 is 3.42. The molecule has 1 aliphatic heterocycles. The van der Waals surface area contributed by atoms with Gasteiger partial charge in [0.2, 0.25) is 5.91 Å². The molecule has 31 heavy (non-hydrogen) atoms. The van der Waals surface area contributed by atoms with Crippen LogP contribution >= 0.6 is 15.9 Å². The highest BCUT2D eigenvalue weighted by Crippen LogP contribution is 2.38. The minimum Gasteiger partial charge on any atom is -0.497 e. The van der Waals surface area contributed by atoms with Gasteiger partial charge in [-0.25, -0.2) is 0 Å². The van der Waals surface area contributed by atoms with Gasteiger partial charge < -0.3 is 19.7 Å². The third kappa shape index (κ3) is 5.21. The third-order valence-corrected chi connectivity index (χ3v) is 5.96. The molecule has 0 atom stereocenters. The summed E-state index contributed by atoms with van der Waals surface area (Å²) < 4.78 is 11.9. The molecule has 0 bridgehead atoms. The van der Waals surface area contributed by atoms with Crippen LogP contribution < -0.4 is 19.7 Å². The molecular weight excluding hydrogens is 460 g/mol. The number of rotatable bonds is 6. The number of amides is 2. The molecule has 7 heteroatoms. The van der Waals surface area contributed by atoms with Crippen LogP contribution in [0.3, 0.4) is 0 Å². The molecule has 1 heterocycles. The molecule has 0 unspecified atom stereocenters. The molecule has 3 rings (SSSR count). The van der Waals surface area contributed by atoms with Crippen molar-refractivity contribution >= 4 is 39.1 Å². The number of fused-ring (bicyclic) bond motifs is 1. The Morgan fingerprint density at radius 1 is 1.26 bits per heavy atom. The van der Waals surface area contributed by atoms with E-state index in [0.29, 0.717) is 52.0 Å². The second-order valence-corrected chi connectivity index (χ2v) is 9.65. The Balaban J connectivity index is 1.93. The SMILES string of the molecule is COc1ccc(Br)c(C(=O)Nc2ccc3c(c2)N(CCC(C)C)C(=O)C(C)(C)CO3)c1. The van der Waals surface area contributed by atoms with Gasteiger partial charge in [0.15, 0.2) is 0 Å². The standard InChI is InChI=1S/C24H29BrN2O4/c1-15(2)10-11-27-20-12-16(6-9-21(20)31-14-24(3,4)23(27)29)26-22(28)18-13-17(30-5)7-8-19(18)25/h6-9,12-13,15H,10-11,14H2,1-5H3,(H,26,28). The van der Waals surface area contributed by atoms with Gasteiger partial charge in [-0.05, 0) is 78.5 Å². The molecule has 0 aromatic heterocycles. The fraction of sp³-hybridized carbons (Fsp3) is 0.417. The van der Waals surface area contributed by atoms with Gasteiger partial charge in [0.05, 0.1) is 23.8 Å². The van der Waals surface area contributed by atoms with E-state index in [1.807, 2.05) is 19.9 Å². The molecule has 0 radical (unpaired) electrons. The first-order chi connectivity index (χ1) is 14.6. The second kappa shape index (κ2) is 9.30. The Morgan fingerprint density at radius 3 is 2.68 bits per heavy atom. The quantitative estimate of drug-likeness (QED) is 0.581. The smallest absolute Gasteiger partial charge is 0.256 e. The van der Waals surface area contributed by atoms with Crippen molar-refractivity contribution in [2.75, 3.05) is 30.5 Å². The molecule has 0 aliphatic carbocycles. The predicted molar refractivity (Wildman–Crippen MR) is 126 cm³/mol. The summed E-state index contributed by atoms with van der Waals surface area (Å²) in [4.78, 5) is 27.9. The Morgan fingerprint density at radius 2 is 2.00 bits per heavy atom. The number of methoxy groups -OCH3 is 1. The second-order valence-electron chi connectivity index (χ2n) is 8.79. The number of hydrogen-bond donors (Lipinski definition) is 1. The molecule has 0 saturated heterocycles. The normalized spacial score (nSPS) is 15.2. The Labute approximate surface area is 192 Å².